The van der Waals surface area contributed by atoms with E-state index >= 15 is 0 Å². The average Bonchev–Trinajstić information content (AvgIpc) is 2.42. The van der Waals surface area contributed by atoms with E-state index in [0.717, 1.165) is 11.3 Å². The highest BCUT2D eigenvalue weighted by molar-refractivity contribution is 7.93. The molecule has 4 N–H and O–H groups in total. The van der Waals surface area contributed by atoms with Gasteiger partial charge in [-0.3, -0.25) is 4.72 Å². The van der Waals surface area contributed by atoms with Crippen LogP contribution < -0.4 is 15.8 Å². The summed E-state index contributed by atoms with van der Waals surface area (Å²) in [5, 5.41) is 2.80. The summed E-state index contributed by atoms with van der Waals surface area (Å²) in [6.07, 6.45) is 0. The predicted octanol–water partition coefficient (Wildman–Crippen LogP) is 1.54. The van der Waals surface area contributed by atoms with Gasteiger partial charge in [0, 0.05) is 6.04 Å². The Morgan fingerprint density at radius 2 is 2.18 bits per heavy atom. The van der Waals surface area contributed by atoms with Crippen LogP contribution in [0.5, 0.6) is 0 Å². The quantitative estimate of drug-likeness (QED) is 0.737. The zero-order chi connectivity index (χ0) is 13.2. The van der Waals surface area contributed by atoms with Crippen LogP contribution in [0.1, 0.15) is 13.8 Å². The summed E-state index contributed by atoms with van der Waals surface area (Å²) < 4.78 is 26.3. The van der Waals surface area contributed by atoms with Gasteiger partial charge in [0.15, 0.2) is 9.32 Å². The molecule has 0 amide bonds. The van der Waals surface area contributed by atoms with Gasteiger partial charge < -0.3 is 11.1 Å². The first-order valence-corrected chi connectivity index (χ1v) is 7.69. The minimum Gasteiger partial charge on any atom is -0.397 e. The zero-order valence-corrected chi connectivity index (χ0v) is 12.4. The van der Waals surface area contributed by atoms with Crippen molar-refractivity contribution in [1.29, 1.82) is 0 Å². The van der Waals surface area contributed by atoms with Gasteiger partial charge in [-0.15, -0.1) is 11.3 Å². The van der Waals surface area contributed by atoms with Crippen LogP contribution in [0, 0.1) is 0 Å². The summed E-state index contributed by atoms with van der Waals surface area (Å²) >= 11 is 11.4. The standard InChI is InChI=1S/C8H12ClN3O2S3/c1-4(2)11-8(15)12-17(13,14)7-5(10)3-6(9)16-7/h3-4H,10H2,1-2H3,(H2,11,12,15). The van der Waals surface area contributed by atoms with E-state index in [1.807, 2.05) is 13.8 Å². The van der Waals surface area contributed by atoms with Crippen LogP contribution in [-0.2, 0) is 10.0 Å². The summed E-state index contributed by atoms with van der Waals surface area (Å²) in [4.78, 5) is 0. The highest BCUT2D eigenvalue weighted by atomic mass is 35.5. The molecular weight excluding hydrogens is 302 g/mol. The number of nitrogen functional groups attached to an aromatic ring is 1. The summed E-state index contributed by atoms with van der Waals surface area (Å²) in [5.41, 5.74) is 5.66. The minimum atomic E-state index is -3.76. The van der Waals surface area contributed by atoms with Crippen LogP contribution in [0.15, 0.2) is 10.3 Å². The molecule has 0 unspecified atom stereocenters. The lowest BCUT2D eigenvalue weighted by Gasteiger charge is -2.12. The average molecular weight is 314 g/mol. The molecule has 9 heteroatoms. The third-order valence-corrected chi connectivity index (χ3v) is 5.11. The van der Waals surface area contributed by atoms with E-state index in [0.29, 0.717) is 4.34 Å². The molecule has 0 radical (unpaired) electrons. The molecule has 0 aromatic carbocycles. The van der Waals surface area contributed by atoms with Crippen molar-refractivity contribution in [2.24, 2.45) is 0 Å². The van der Waals surface area contributed by atoms with Crippen molar-refractivity contribution in [2.45, 2.75) is 24.1 Å². The molecule has 0 saturated carbocycles. The lowest BCUT2D eigenvalue weighted by atomic mass is 10.4. The van der Waals surface area contributed by atoms with E-state index in [-0.39, 0.29) is 21.1 Å². The Labute approximate surface area is 114 Å². The molecule has 0 aliphatic carbocycles. The van der Waals surface area contributed by atoms with E-state index in [9.17, 15) is 8.42 Å². The Hall–Kier alpha value is -0.570. The Morgan fingerprint density at radius 3 is 2.59 bits per heavy atom. The van der Waals surface area contributed by atoms with Gasteiger partial charge in [0.05, 0.1) is 10.0 Å². The van der Waals surface area contributed by atoms with Crippen molar-refractivity contribution >= 4 is 56.0 Å². The third kappa shape index (κ3) is 3.98. The van der Waals surface area contributed by atoms with Crippen LogP contribution in [0.4, 0.5) is 5.69 Å². The number of hydrogen-bond acceptors (Lipinski definition) is 5. The van der Waals surface area contributed by atoms with E-state index < -0.39 is 10.0 Å². The number of hydrogen-bond donors (Lipinski definition) is 3. The molecule has 0 spiro atoms. The number of anilines is 1. The molecular formula is C8H12ClN3O2S3. The van der Waals surface area contributed by atoms with Gasteiger partial charge in [0.25, 0.3) is 10.0 Å². The van der Waals surface area contributed by atoms with Gasteiger partial charge in [0.2, 0.25) is 0 Å². The Bertz CT molecular complexity index is 524. The lowest BCUT2D eigenvalue weighted by molar-refractivity contribution is 0.593. The maximum absolute atomic E-state index is 11.9. The molecule has 1 aromatic rings. The number of nitrogens with one attached hydrogen (secondary N) is 2. The lowest BCUT2D eigenvalue weighted by Crippen LogP contribution is -2.42. The van der Waals surface area contributed by atoms with Gasteiger partial charge in [0.1, 0.15) is 0 Å². The molecule has 0 saturated heterocycles. The number of thiophene rings is 1. The molecule has 0 aliphatic rings. The summed E-state index contributed by atoms with van der Waals surface area (Å²) in [5.74, 6) is 0. The molecule has 0 bridgehead atoms. The maximum Gasteiger partial charge on any atom is 0.275 e. The number of sulfonamides is 1. The van der Waals surface area contributed by atoms with Crippen LogP contribution in [0.2, 0.25) is 4.34 Å². The first-order valence-electron chi connectivity index (χ1n) is 4.60. The first-order chi connectivity index (χ1) is 7.72. The van der Waals surface area contributed by atoms with Crippen molar-refractivity contribution in [3.63, 3.8) is 0 Å². The summed E-state index contributed by atoms with van der Waals surface area (Å²) in [6.45, 7) is 3.69. The Morgan fingerprint density at radius 1 is 1.59 bits per heavy atom. The topological polar surface area (TPSA) is 84.2 Å². The number of rotatable bonds is 3. The second kappa shape index (κ2) is 5.38. The van der Waals surface area contributed by atoms with Gasteiger partial charge in [-0.25, -0.2) is 8.42 Å². The number of nitrogens with two attached hydrogens (primary N) is 1. The van der Waals surface area contributed by atoms with Crippen molar-refractivity contribution in [1.82, 2.24) is 10.0 Å². The second-order valence-corrected chi connectivity index (χ2v) is 7.50. The fourth-order valence-electron chi connectivity index (χ4n) is 1.03. The highest BCUT2D eigenvalue weighted by Gasteiger charge is 2.22. The van der Waals surface area contributed by atoms with E-state index in [1.165, 1.54) is 6.07 Å². The van der Waals surface area contributed by atoms with Crippen LogP contribution >= 0.6 is 35.2 Å². The van der Waals surface area contributed by atoms with Crippen LogP contribution in [0.25, 0.3) is 0 Å². The fraction of sp³-hybridized carbons (Fsp3) is 0.375. The smallest absolute Gasteiger partial charge is 0.275 e. The molecule has 0 atom stereocenters. The fourth-order valence-corrected chi connectivity index (χ4v) is 4.22. The molecule has 5 nitrogen and oxygen atoms in total. The third-order valence-electron chi connectivity index (χ3n) is 1.59. The van der Waals surface area contributed by atoms with Crippen LogP contribution in [0.3, 0.4) is 0 Å². The second-order valence-electron chi connectivity index (χ2n) is 3.53. The van der Waals surface area contributed by atoms with Gasteiger partial charge in [-0.1, -0.05) is 11.6 Å². The Balaban J connectivity index is 2.90. The predicted molar refractivity (Wildman–Crippen MR) is 74.9 cm³/mol. The monoisotopic (exact) mass is 313 g/mol. The summed E-state index contributed by atoms with van der Waals surface area (Å²) in [7, 11) is -3.76. The van der Waals surface area contributed by atoms with Gasteiger partial charge in [-0.05, 0) is 32.1 Å². The largest absolute Gasteiger partial charge is 0.397 e. The van der Waals surface area contributed by atoms with Gasteiger partial charge >= 0.3 is 0 Å². The van der Waals surface area contributed by atoms with Crippen molar-refractivity contribution in [3.8, 4) is 0 Å². The minimum absolute atomic E-state index is 0.0314. The number of thiocarbonyl (C=S) groups is 1. The van der Waals surface area contributed by atoms with Gasteiger partial charge in [-0.2, -0.15) is 0 Å². The number of halogens is 1. The first kappa shape index (κ1) is 14.5. The SMILES string of the molecule is CC(C)NC(=S)NS(=O)(=O)c1sc(Cl)cc1N. The zero-order valence-electron chi connectivity index (χ0n) is 9.15. The van der Waals surface area contributed by atoms with E-state index in [2.05, 4.69) is 10.0 Å². The molecule has 1 heterocycles. The highest BCUT2D eigenvalue weighted by Crippen LogP contribution is 2.32. The summed E-state index contributed by atoms with van der Waals surface area (Å²) in [6, 6.07) is 1.43. The van der Waals surface area contributed by atoms with E-state index in [4.69, 9.17) is 29.6 Å². The van der Waals surface area contributed by atoms with Crippen molar-refractivity contribution in [2.75, 3.05) is 5.73 Å². The maximum atomic E-state index is 11.9. The van der Waals surface area contributed by atoms with Crippen LogP contribution in [-0.4, -0.2) is 19.6 Å². The van der Waals surface area contributed by atoms with Crippen molar-refractivity contribution < 1.29 is 8.42 Å². The molecule has 1 rings (SSSR count). The molecule has 0 fully saturated rings. The Kier molecular flexibility index (Phi) is 4.59. The normalized spacial score (nSPS) is 11.5. The molecule has 1 aromatic heterocycles. The van der Waals surface area contributed by atoms with E-state index in [1.54, 1.807) is 0 Å². The van der Waals surface area contributed by atoms with Crippen molar-refractivity contribution in [3.05, 3.63) is 10.4 Å². The molecule has 96 valence electrons. The molecule has 0 aliphatic heterocycles. The molecule has 17 heavy (non-hydrogen) atoms.